The molecule has 1 atom stereocenters. The molecule has 1 aromatic rings. The predicted molar refractivity (Wildman–Crippen MR) is 75.0 cm³/mol. The van der Waals surface area contributed by atoms with Crippen molar-refractivity contribution in [1.82, 2.24) is 19.7 Å². The number of hydrogen-bond acceptors (Lipinski definition) is 4. The molecule has 19 heavy (non-hydrogen) atoms. The number of piperidine rings is 1. The normalized spacial score (nSPS) is 21.2. The van der Waals surface area contributed by atoms with Crippen LogP contribution in [0.1, 0.15) is 63.8 Å². The summed E-state index contributed by atoms with van der Waals surface area (Å²) in [7, 11) is 1.69. The summed E-state index contributed by atoms with van der Waals surface area (Å²) in [5.41, 5.74) is 0. The molecule has 0 N–H and O–H groups in total. The number of nitrogens with zero attached hydrogens (tertiary/aromatic N) is 4. The van der Waals surface area contributed by atoms with E-state index in [1.807, 2.05) is 0 Å². The predicted octanol–water partition coefficient (Wildman–Crippen LogP) is 2.55. The summed E-state index contributed by atoms with van der Waals surface area (Å²) in [6.45, 7) is 9.29. The van der Waals surface area contributed by atoms with Gasteiger partial charge in [-0.3, -0.25) is 4.90 Å². The minimum atomic E-state index is 0.341. The first-order valence-corrected chi connectivity index (χ1v) is 7.35. The van der Waals surface area contributed by atoms with E-state index in [0.29, 0.717) is 18.7 Å². The van der Waals surface area contributed by atoms with Crippen molar-refractivity contribution in [3.05, 3.63) is 11.6 Å². The molecule has 0 spiro atoms. The van der Waals surface area contributed by atoms with Crippen LogP contribution >= 0.6 is 0 Å². The van der Waals surface area contributed by atoms with E-state index >= 15 is 0 Å². The van der Waals surface area contributed by atoms with Crippen molar-refractivity contribution in [1.29, 1.82) is 0 Å². The maximum absolute atomic E-state index is 5.16. The van der Waals surface area contributed by atoms with Crippen molar-refractivity contribution in [3.8, 4) is 0 Å². The van der Waals surface area contributed by atoms with Crippen molar-refractivity contribution in [3.63, 3.8) is 0 Å². The summed E-state index contributed by atoms with van der Waals surface area (Å²) in [6, 6.07) is 0.757. The molecule has 0 bridgehead atoms. The first kappa shape index (κ1) is 14.5. The number of ether oxygens (including phenoxy) is 1. The molecule has 108 valence electrons. The van der Waals surface area contributed by atoms with Crippen molar-refractivity contribution in [2.45, 2.75) is 58.7 Å². The molecule has 5 heteroatoms. The number of hydrogen-bond donors (Lipinski definition) is 0. The van der Waals surface area contributed by atoms with Crippen LogP contribution in [0.15, 0.2) is 0 Å². The molecule has 1 unspecified atom stereocenters. The minimum absolute atomic E-state index is 0.341. The molecule has 1 aliphatic rings. The van der Waals surface area contributed by atoms with Gasteiger partial charge in [0.2, 0.25) is 0 Å². The van der Waals surface area contributed by atoms with E-state index in [1.165, 1.54) is 25.8 Å². The lowest BCUT2D eigenvalue weighted by atomic mass is 10.0. The Morgan fingerprint density at radius 1 is 1.37 bits per heavy atom. The Morgan fingerprint density at radius 3 is 2.79 bits per heavy atom. The molecule has 0 aliphatic carbocycles. The Morgan fingerprint density at radius 2 is 2.16 bits per heavy atom. The molecule has 5 nitrogen and oxygen atoms in total. The van der Waals surface area contributed by atoms with Crippen molar-refractivity contribution in [2.24, 2.45) is 0 Å². The second-order valence-corrected chi connectivity index (χ2v) is 5.50. The standard InChI is InChI=1S/C14H26N4O/c1-5-17-9-7-6-8-12(17)14-15-13(10-19-4)16-18(14)11(2)3/h11-12H,5-10H2,1-4H3. The lowest BCUT2D eigenvalue weighted by molar-refractivity contribution is 0.144. The van der Waals surface area contributed by atoms with Gasteiger partial charge in [0.1, 0.15) is 12.4 Å². The van der Waals surface area contributed by atoms with Gasteiger partial charge in [-0.05, 0) is 39.8 Å². The fourth-order valence-electron chi connectivity index (χ4n) is 2.84. The van der Waals surface area contributed by atoms with Crippen LogP contribution in [0.25, 0.3) is 0 Å². The summed E-state index contributed by atoms with van der Waals surface area (Å²) < 4.78 is 7.24. The van der Waals surface area contributed by atoms with E-state index in [-0.39, 0.29) is 0 Å². The topological polar surface area (TPSA) is 43.2 Å². The maximum atomic E-state index is 5.16. The van der Waals surface area contributed by atoms with Crippen LogP contribution in [0, 0.1) is 0 Å². The van der Waals surface area contributed by atoms with Gasteiger partial charge in [0.25, 0.3) is 0 Å². The third-order valence-electron chi connectivity index (χ3n) is 3.78. The van der Waals surface area contributed by atoms with Crippen LogP contribution in [-0.2, 0) is 11.3 Å². The third-order valence-corrected chi connectivity index (χ3v) is 3.78. The molecule has 0 saturated carbocycles. The van der Waals surface area contributed by atoms with E-state index in [0.717, 1.165) is 18.2 Å². The smallest absolute Gasteiger partial charge is 0.176 e. The van der Waals surface area contributed by atoms with Gasteiger partial charge in [-0.15, -0.1) is 0 Å². The third kappa shape index (κ3) is 3.15. The highest BCUT2D eigenvalue weighted by Gasteiger charge is 2.28. The lowest BCUT2D eigenvalue weighted by Gasteiger charge is -2.34. The average Bonchev–Trinajstić information content (AvgIpc) is 2.83. The van der Waals surface area contributed by atoms with Gasteiger partial charge >= 0.3 is 0 Å². The molecule has 2 heterocycles. The van der Waals surface area contributed by atoms with Gasteiger partial charge in [-0.2, -0.15) is 5.10 Å². The molecular weight excluding hydrogens is 240 g/mol. The Hall–Kier alpha value is -0.940. The first-order chi connectivity index (χ1) is 9.17. The van der Waals surface area contributed by atoms with Gasteiger partial charge in [-0.25, -0.2) is 9.67 Å². The zero-order valence-corrected chi connectivity index (χ0v) is 12.6. The fourth-order valence-corrected chi connectivity index (χ4v) is 2.84. The molecule has 1 aromatic heterocycles. The maximum Gasteiger partial charge on any atom is 0.176 e. The van der Waals surface area contributed by atoms with Crippen LogP contribution in [0.3, 0.4) is 0 Å². The molecule has 1 saturated heterocycles. The molecular formula is C14H26N4O. The second-order valence-electron chi connectivity index (χ2n) is 5.50. The van der Waals surface area contributed by atoms with E-state index in [2.05, 4.69) is 35.5 Å². The molecule has 0 amide bonds. The zero-order valence-electron chi connectivity index (χ0n) is 12.6. The molecule has 1 aliphatic heterocycles. The molecule has 0 radical (unpaired) electrons. The monoisotopic (exact) mass is 266 g/mol. The highest BCUT2D eigenvalue weighted by atomic mass is 16.5. The van der Waals surface area contributed by atoms with Gasteiger partial charge in [0.15, 0.2) is 5.82 Å². The van der Waals surface area contributed by atoms with Gasteiger partial charge in [0.05, 0.1) is 6.04 Å². The average molecular weight is 266 g/mol. The van der Waals surface area contributed by atoms with Crippen molar-refractivity contribution < 1.29 is 4.74 Å². The summed E-state index contributed by atoms with van der Waals surface area (Å²) in [6.07, 6.45) is 3.77. The van der Waals surface area contributed by atoms with E-state index in [1.54, 1.807) is 7.11 Å². The number of aromatic nitrogens is 3. The second kappa shape index (κ2) is 6.48. The number of rotatable bonds is 5. The molecule has 2 rings (SSSR count). The highest BCUT2D eigenvalue weighted by Crippen LogP contribution is 2.30. The largest absolute Gasteiger partial charge is 0.377 e. The van der Waals surface area contributed by atoms with Gasteiger partial charge in [0, 0.05) is 13.2 Å². The van der Waals surface area contributed by atoms with Crippen molar-refractivity contribution >= 4 is 0 Å². The lowest BCUT2D eigenvalue weighted by Crippen LogP contribution is -2.35. The van der Waals surface area contributed by atoms with Gasteiger partial charge in [-0.1, -0.05) is 13.3 Å². The summed E-state index contributed by atoms with van der Waals surface area (Å²) in [5.74, 6) is 1.91. The Kier molecular flexibility index (Phi) is 4.93. The van der Waals surface area contributed by atoms with Crippen LogP contribution in [0.5, 0.6) is 0 Å². The van der Waals surface area contributed by atoms with Crippen LogP contribution in [0.2, 0.25) is 0 Å². The zero-order chi connectivity index (χ0) is 13.8. The van der Waals surface area contributed by atoms with Crippen LogP contribution < -0.4 is 0 Å². The molecule has 1 fully saturated rings. The van der Waals surface area contributed by atoms with E-state index in [9.17, 15) is 0 Å². The number of methoxy groups -OCH3 is 1. The summed E-state index contributed by atoms with van der Waals surface area (Å²) >= 11 is 0. The van der Waals surface area contributed by atoms with Crippen molar-refractivity contribution in [2.75, 3.05) is 20.2 Å². The van der Waals surface area contributed by atoms with E-state index in [4.69, 9.17) is 9.72 Å². The minimum Gasteiger partial charge on any atom is -0.377 e. The number of likely N-dealkylation sites (tertiary alicyclic amines) is 1. The Bertz CT molecular complexity index is 402. The Labute approximate surface area is 116 Å². The van der Waals surface area contributed by atoms with Crippen LogP contribution in [-0.4, -0.2) is 39.9 Å². The Balaban J connectivity index is 2.30. The fraction of sp³-hybridized carbons (Fsp3) is 0.857. The SMILES string of the molecule is CCN1CCCCC1c1nc(COC)nn1C(C)C. The summed E-state index contributed by atoms with van der Waals surface area (Å²) in [4.78, 5) is 7.25. The summed E-state index contributed by atoms with van der Waals surface area (Å²) in [5, 5.41) is 4.60. The highest BCUT2D eigenvalue weighted by molar-refractivity contribution is 5.02. The van der Waals surface area contributed by atoms with E-state index < -0.39 is 0 Å². The molecule has 0 aromatic carbocycles. The van der Waals surface area contributed by atoms with Crippen LogP contribution in [0.4, 0.5) is 0 Å². The van der Waals surface area contributed by atoms with Gasteiger partial charge < -0.3 is 4.74 Å². The first-order valence-electron chi connectivity index (χ1n) is 7.35. The quantitative estimate of drug-likeness (QED) is 0.821.